The Bertz CT molecular complexity index is 630. The van der Waals surface area contributed by atoms with Gasteiger partial charge in [-0.1, -0.05) is 12.1 Å². The molecule has 0 spiro atoms. The van der Waals surface area contributed by atoms with Gasteiger partial charge >= 0.3 is 6.09 Å². The van der Waals surface area contributed by atoms with Crippen molar-refractivity contribution in [3.63, 3.8) is 0 Å². The Morgan fingerprint density at radius 3 is 2.73 bits per heavy atom. The van der Waals surface area contributed by atoms with Crippen molar-refractivity contribution in [3.8, 4) is 0 Å². The third-order valence-corrected chi connectivity index (χ3v) is 3.50. The Balaban J connectivity index is 0.00000242. The molecule has 2 rings (SSSR count). The van der Waals surface area contributed by atoms with E-state index in [9.17, 15) is 4.79 Å². The zero-order valence-corrected chi connectivity index (χ0v) is 13.2. The van der Waals surface area contributed by atoms with Gasteiger partial charge in [0.15, 0.2) is 5.13 Å². The van der Waals surface area contributed by atoms with Gasteiger partial charge in [-0.3, -0.25) is 5.32 Å². The van der Waals surface area contributed by atoms with Gasteiger partial charge in [-0.25, -0.2) is 9.78 Å². The van der Waals surface area contributed by atoms with Crippen LogP contribution in [0, 0.1) is 0 Å². The fourth-order valence-corrected chi connectivity index (χ4v) is 2.46. The van der Waals surface area contributed by atoms with Crippen LogP contribution in [0.5, 0.6) is 0 Å². The number of nitrogens with one attached hydrogen (secondary N) is 2. The van der Waals surface area contributed by atoms with Crippen molar-refractivity contribution in [1.29, 1.82) is 0 Å². The molecule has 1 aromatic carbocycles. The lowest BCUT2D eigenvalue weighted by atomic mass is 10.1. The number of hydrogen-bond acceptors (Lipinski definition) is 5. The summed E-state index contributed by atoms with van der Waals surface area (Å²) in [7, 11) is 0. The van der Waals surface area contributed by atoms with Crippen molar-refractivity contribution in [2.45, 2.75) is 12.8 Å². The summed E-state index contributed by atoms with van der Waals surface area (Å²) in [6, 6.07) is 7.90. The van der Waals surface area contributed by atoms with E-state index in [1.165, 1.54) is 23.2 Å². The summed E-state index contributed by atoms with van der Waals surface area (Å²) in [6.45, 7) is 0. The van der Waals surface area contributed by atoms with Crippen LogP contribution in [0.2, 0.25) is 0 Å². The maximum absolute atomic E-state index is 10.5. The number of anilines is 2. The Hall–Kier alpha value is -2.32. The molecule has 0 bridgehead atoms. The topological polar surface area (TPSA) is 113 Å². The molecule has 0 aliphatic heterocycles. The number of carbonyl (C=O) groups is 1. The second-order valence-electron chi connectivity index (χ2n) is 4.19. The first-order chi connectivity index (χ1) is 10.2. The van der Waals surface area contributed by atoms with Crippen LogP contribution in [0.1, 0.15) is 11.3 Å². The summed E-state index contributed by atoms with van der Waals surface area (Å²) < 4.78 is 0. The SMILES string of the molecule is Cl.NN=CNc1ccc(CCc2csc(NC(=O)O)n2)cc1. The lowest BCUT2D eigenvalue weighted by molar-refractivity contribution is 0.209. The third kappa shape index (κ3) is 5.58. The Kier molecular flexibility index (Phi) is 7.14. The summed E-state index contributed by atoms with van der Waals surface area (Å²) >= 11 is 1.29. The number of aromatic nitrogens is 1. The standard InChI is InChI=1S/C13H15N5O2S.ClH/c14-16-8-15-10-4-1-9(2-5-10)3-6-11-7-21-12(17-11)18-13(19)20;/h1-2,4-5,7-8H,3,6,14H2,(H,15,16)(H,17,18)(H,19,20);1H. The van der Waals surface area contributed by atoms with E-state index < -0.39 is 6.09 Å². The van der Waals surface area contributed by atoms with Gasteiger partial charge in [0.05, 0.1) is 5.69 Å². The summed E-state index contributed by atoms with van der Waals surface area (Å²) in [5.74, 6) is 5.01. The molecule has 1 amide bonds. The van der Waals surface area contributed by atoms with Gasteiger partial charge in [0.1, 0.15) is 6.34 Å². The molecule has 0 atom stereocenters. The van der Waals surface area contributed by atoms with Crippen molar-refractivity contribution < 1.29 is 9.90 Å². The minimum Gasteiger partial charge on any atom is -0.465 e. The predicted molar refractivity (Wildman–Crippen MR) is 91.2 cm³/mol. The summed E-state index contributed by atoms with van der Waals surface area (Å²) in [4.78, 5) is 14.7. The molecule has 0 fully saturated rings. The van der Waals surface area contributed by atoms with Gasteiger partial charge in [0.25, 0.3) is 0 Å². The van der Waals surface area contributed by atoms with Crippen LogP contribution in [-0.4, -0.2) is 22.5 Å². The van der Waals surface area contributed by atoms with Gasteiger partial charge in [-0.2, -0.15) is 5.10 Å². The molecule has 9 heteroatoms. The van der Waals surface area contributed by atoms with Crippen LogP contribution in [0.4, 0.5) is 15.6 Å². The molecule has 1 heterocycles. The number of carboxylic acid groups (broad SMARTS) is 1. The molecule has 0 saturated carbocycles. The van der Waals surface area contributed by atoms with Gasteiger partial charge < -0.3 is 16.3 Å². The summed E-state index contributed by atoms with van der Waals surface area (Å²) in [5, 5.41) is 19.4. The predicted octanol–water partition coefficient (Wildman–Crippen LogP) is 2.75. The Morgan fingerprint density at radius 2 is 2.09 bits per heavy atom. The lowest BCUT2D eigenvalue weighted by Gasteiger charge is -2.03. The highest BCUT2D eigenvalue weighted by molar-refractivity contribution is 7.13. The molecule has 0 unspecified atom stereocenters. The number of rotatable bonds is 6. The molecule has 0 aliphatic rings. The number of aryl methyl sites for hydroxylation is 2. The van der Waals surface area contributed by atoms with E-state index >= 15 is 0 Å². The van der Waals surface area contributed by atoms with Gasteiger partial charge in [-0.05, 0) is 30.5 Å². The molecule has 0 radical (unpaired) electrons. The van der Waals surface area contributed by atoms with Crippen LogP contribution in [0.3, 0.4) is 0 Å². The summed E-state index contributed by atoms with van der Waals surface area (Å²) in [5.41, 5.74) is 2.96. The number of hydrazone groups is 1. The van der Waals surface area contributed by atoms with Crippen molar-refractivity contribution >= 4 is 47.0 Å². The number of hydrogen-bond donors (Lipinski definition) is 4. The van der Waals surface area contributed by atoms with Crippen LogP contribution in [-0.2, 0) is 12.8 Å². The fourth-order valence-electron chi connectivity index (χ4n) is 1.72. The zero-order chi connectivity index (χ0) is 15.1. The van der Waals surface area contributed by atoms with Crippen LogP contribution in [0.25, 0.3) is 0 Å². The van der Waals surface area contributed by atoms with Crippen LogP contribution >= 0.6 is 23.7 Å². The average Bonchev–Trinajstić information content (AvgIpc) is 2.91. The van der Waals surface area contributed by atoms with E-state index in [2.05, 4.69) is 20.7 Å². The Labute approximate surface area is 137 Å². The molecular weight excluding hydrogens is 326 g/mol. The van der Waals surface area contributed by atoms with Gasteiger partial charge in [0.2, 0.25) is 0 Å². The number of amides is 1. The highest BCUT2D eigenvalue weighted by Crippen LogP contribution is 2.17. The molecule has 0 aliphatic carbocycles. The van der Waals surface area contributed by atoms with E-state index in [0.717, 1.165) is 24.2 Å². The molecule has 1 aromatic heterocycles. The molecule has 22 heavy (non-hydrogen) atoms. The highest BCUT2D eigenvalue weighted by Gasteiger charge is 2.05. The van der Waals surface area contributed by atoms with Crippen LogP contribution in [0.15, 0.2) is 34.7 Å². The first-order valence-corrected chi connectivity index (χ1v) is 7.07. The van der Waals surface area contributed by atoms with Crippen LogP contribution < -0.4 is 16.5 Å². The number of nitrogens with zero attached hydrogens (tertiary/aromatic N) is 2. The third-order valence-electron chi connectivity index (χ3n) is 2.70. The molecule has 5 N–H and O–H groups in total. The number of thiazole rings is 1. The van der Waals surface area contributed by atoms with Crippen molar-refractivity contribution in [2.75, 3.05) is 10.6 Å². The largest absolute Gasteiger partial charge is 0.465 e. The number of benzene rings is 1. The first-order valence-electron chi connectivity index (χ1n) is 6.19. The molecule has 7 nitrogen and oxygen atoms in total. The summed E-state index contributed by atoms with van der Waals surface area (Å²) in [6.07, 6.45) is 1.91. The molecular formula is C13H16ClN5O2S. The zero-order valence-electron chi connectivity index (χ0n) is 11.5. The maximum atomic E-state index is 10.5. The fraction of sp³-hybridized carbons (Fsp3) is 0.154. The van der Waals surface area contributed by atoms with Crippen molar-refractivity contribution in [3.05, 3.63) is 40.9 Å². The smallest absolute Gasteiger partial charge is 0.410 e. The molecule has 0 saturated heterocycles. The monoisotopic (exact) mass is 341 g/mol. The second-order valence-corrected chi connectivity index (χ2v) is 5.05. The van der Waals surface area contributed by atoms with Gasteiger partial charge in [0, 0.05) is 11.1 Å². The van der Waals surface area contributed by atoms with E-state index in [4.69, 9.17) is 10.9 Å². The average molecular weight is 342 g/mol. The van der Waals surface area contributed by atoms with Crippen molar-refractivity contribution in [1.82, 2.24) is 4.98 Å². The van der Waals surface area contributed by atoms with E-state index in [0.29, 0.717) is 5.13 Å². The molecule has 2 aromatic rings. The maximum Gasteiger partial charge on any atom is 0.410 e. The lowest BCUT2D eigenvalue weighted by Crippen LogP contribution is -2.06. The van der Waals surface area contributed by atoms with E-state index in [-0.39, 0.29) is 12.4 Å². The molecule has 118 valence electrons. The second kappa shape index (κ2) is 8.85. The first kappa shape index (κ1) is 17.7. The van der Waals surface area contributed by atoms with Gasteiger partial charge in [-0.15, -0.1) is 23.7 Å². The normalized spacial score (nSPS) is 10.2. The number of nitrogens with two attached hydrogens (primary N) is 1. The van der Waals surface area contributed by atoms with E-state index in [1.54, 1.807) is 0 Å². The Morgan fingerprint density at radius 1 is 1.36 bits per heavy atom. The minimum atomic E-state index is -1.10. The number of halogens is 1. The highest BCUT2D eigenvalue weighted by atomic mass is 35.5. The quantitative estimate of drug-likeness (QED) is 0.279. The van der Waals surface area contributed by atoms with Crippen molar-refractivity contribution in [2.24, 2.45) is 10.9 Å². The van der Waals surface area contributed by atoms with E-state index in [1.807, 2.05) is 29.6 Å². The minimum absolute atomic E-state index is 0.